The lowest BCUT2D eigenvalue weighted by molar-refractivity contribution is -0.150. The monoisotopic (exact) mass is 328 g/mol. The smallest absolute Gasteiger partial charge is 0.326 e. The van der Waals surface area contributed by atoms with Crippen molar-refractivity contribution in [3.63, 3.8) is 0 Å². The number of hydrogen-bond acceptors (Lipinski definition) is 4. The van der Waals surface area contributed by atoms with Gasteiger partial charge in [-0.15, -0.1) is 12.4 Å². The molecule has 0 radical (unpaired) electrons. The minimum absolute atomic E-state index is 0. The summed E-state index contributed by atoms with van der Waals surface area (Å²) >= 11 is 0. The van der Waals surface area contributed by atoms with Gasteiger partial charge in [-0.3, -0.25) is 10.2 Å². The highest BCUT2D eigenvalue weighted by molar-refractivity contribution is 5.85. The molecule has 0 saturated heterocycles. The number of nitrogens with one attached hydrogen (secondary N) is 2. The number of carbonyl (C=O) groups is 1. The molecule has 7 heteroatoms. The molecule has 0 aliphatic heterocycles. The highest BCUT2D eigenvalue weighted by atomic mass is 35.5. The van der Waals surface area contributed by atoms with E-state index in [0.29, 0.717) is 32.4 Å². The first-order chi connectivity index (χ1) is 9.98. The SMILES string of the molecule is CCOC(=O)[C@@](N)(CCCNC(=N)N)Cc1ccccc1.Cl. The van der Waals surface area contributed by atoms with Crippen molar-refractivity contribution < 1.29 is 9.53 Å². The molecule has 1 rings (SSSR count). The molecule has 124 valence electrons. The lowest BCUT2D eigenvalue weighted by atomic mass is 9.87. The van der Waals surface area contributed by atoms with Crippen LogP contribution in [-0.2, 0) is 16.0 Å². The predicted octanol–water partition coefficient (Wildman–Crippen LogP) is 1.17. The second kappa shape index (κ2) is 10.0. The van der Waals surface area contributed by atoms with Crippen LogP contribution >= 0.6 is 12.4 Å². The van der Waals surface area contributed by atoms with Crippen molar-refractivity contribution in [3.8, 4) is 0 Å². The van der Waals surface area contributed by atoms with Gasteiger partial charge in [-0.2, -0.15) is 0 Å². The third kappa shape index (κ3) is 6.78. The molecule has 0 aliphatic rings. The predicted molar refractivity (Wildman–Crippen MR) is 90.1 cm³/mol. The van der Waals surface area contributed by atoms with Crippen LogP contribution in [0.2, 0.25) is 0 Å². The van der Waals surface area contributed by atoms with Crippen LogP contribution in [0, 0.1) is 5.41 Å². The molecule has 6 N–H and O–H groups in total. The van der Waals surface area contributed by atoms with Crippen LogP contribution in [0.1, 0.15) is 25.3 Å². The summed E-state index contributed by atoms with van der Waals surface area (Å²) in [6.07, 6.45) is 1.51. The molecule has 0 unspecified atom stereocenters. The second-order valence-electron chi connectivity index (χ2n) is 4.98. The standard InChI is InChI=1S/C15H24N4O2.ClH/c1-2-21-13(20)15(18,9-6-10-19-14(16)17)11-12-7-4-3-5-8-12;/h3-5,7-8H,2,6,9-11,18H2,1H3,(H4,16,17,19);1H/t15-;/m1./s1. The number of halogens is 1. The molecule has 22 heavy (non-hydrogen) atoms. The van der Waals surface area contributed by atoms with E-state index in [2.05, 4.69) is 5.32 Å². The first kappa shape index (κ1) is 20.2. The van der Waals surface area contributed by atoms with Gasteiger partial charge in [0.1, 0.15) is 5.54 Å². The fourth-order valence-corrected chi connectivity index (χ4v) is 2.12. The van der Waals surface area contributed by atoms with E-state index in [9.17, 15) is 4.79 Å². The molecule has 0 fully saturated rings. The normalized spacial score (nSPS) is 12.6. The van der Waals surface area contributed by atoms with Crippen LogP contribution < -0.4 is 16.8 Å². The van der Waals surface area contributed by atoms with Gasteiger partial charge < -0.3 is 21.5 Å². The van der Waals surface area contributed by atoms with Gasteiger partial charge in [0.2, 0.25) is 0 Å². The van der Waals surface area contributed by atoms with Crippen molar-refractivity contribution in [2.75, 3.05) is 13.2 Å². The Morgan fingerprint density at radius 3 is 2.55 bits per heavy atom. The maximum absolute atomic E-state index is 12.2. The van der Waals surface area contributed by atoms with E-state index in [4.69, 9.17) is 21.6 Å². The van der Waals surface area contributed by atoms with Crippen LogP contribution in [0.15, 0.2) is 30.3 Å². The molecular formula is C15H25ClN4O2. The van der Waals surface area contributed by atoms with E-state index >= 15 is 0 Å². The van der Waals surface area contributed by atoms with Crippen LogP contribution in [-0.4, -0.2) is 30.6 Å². The Bertz CT molecular complexity index is 470. The second-order valence-corrected chi connectivity index (χ2v) is 4.98. The van der Waals surface area contributed by atoms with Crippen molar-refractivity contribution in [2.24, 2.45) is 11.5 Å². The molecule has 0 aromatic heterocycles. The van der Waals surface area contributed by atoms with Crippen molar-refractivity contribution in [1.29, 1.82) is 5.41 Å². The van der Waals surface area contributed by atoms with Crippen molar-refractivity contribution in [3.05, 3.63) is 35.9 Å². The number of rotatable bonds is 8. The first-order valence-electron chi connectivity index (χ1n) is 7.06. The number of nitrogens with two attached hydrogens (primary N) is 2. The molecule has 0 spiro atoms. The highest BCUT2D eigenvalue weighted by Crippen LogP contribution is 2.18. The number of carbonyl (C=O) groups excluding carboxylic acids is 1. The third-order valence-corrected chi connectivity index (χ3v) is 3.16. The number of benzene rings is 1. The fraction of sp³-hybridized carbons (Fsp3) is 0.467. The molecule has 1 aromatic carbocycles. The quantitative estimate of drug-likeness (QED) is 0.247. The summed E-state index contributed by atoms with van der Waals surface area (Å²) in [6.45, 7) is 2.57. The Balaban J connectivity index is 0.00000441. The average Bonchev–Trinajstić information content (AvgIpc) is 2.45. The molecule has 6 nitrogen and oxygen atoms in total. The van der Waals surface area contributed by atoms with Crippen molar-refractivity contribution in [2.45, 2.75) is 31.7 Å². The van der Waals surface area contributed by atoms with Gasteiger partial charge >= 0.3 is 5.97 Å². The summed E-state index contributed by atoms with van der Waals surface area (Å²) in [5.41, 5.74) is 11.4. The Hall–Kier alpha value is -1.79. The summed E-state index contributed by atoms with van der Waals surface area (Å²) in [5, 5.41) is 9.81. The van der Waals surface area contributed by atoms with Gasteiger partial charge in [0.15, 0.2) is 5.96 Å². The Kier molecular flexibility index (Phi) is 9.21. The molecule has 0 heterocycles. The van der Waals surface area contributed by atoms with Crippen LogP contribution in [0.25, 0.3) is 0 Å². The zero-order chi connectivity index (χ0) is 15.7. The Morgan fingerprint density at radius 2 is 2.00 bits per heavy atom. The van der Waals surface area contributed by atoms with Gasteiger partial charge in [-0.05, 0) is 25.3 Å². The zero-order valence-corrected chi connectivity index (χ0v) is 13.6. The van der Waals surface area contributed by atoms with Gasteiger partial charge in [-0.1, -0.05) is 30.3 Å². The van der Waals surface area contributed by atoms with Crippen LogP contribution in [0.5, 0.6) is 0 Å². The molecule has 0 aliphatic carbocycles. The summed E-state index contributed by atoms with van der Waals surface area (Å²) in [6, 6.07) is 9.63. The lowest BCUT2D eigenvalue weighted by Gasteiger charge is -2.27. The molecule has 1 aromatic rings. The van der Waals surface area contributed by atoms with Gasteiger partial charge in [0.05, 0.1) is 6.61 Å². The maximum atomic E-state index is 12.2. The summed E-state index contributed by atoms with van der Waals surface area (Å²) in [7, 11) is 0. The van der Waals surface area contributed by atoms with Crippen molar-refractivity contribution >= 4 is 24.3 Å². The highest BCUT2D eigenvalue weighted by Gasteiger charge is 2.35. The number of esters is 1. The van der Waals surface area contributed by atoms with Crippen molar-refractivity contribution in [1.82, 2.24) is 5.32 Å². The third-order valence-electron chi connectivity index (χ3n) is 3.16. The van der Waals surface area contributed by atoms with E-state index in [0.717, 1.165) is 5.56 Å². The summed E-state index contributed by atoms with van der Waals surface area (Å²) < 4.78 is 5.11. The number of hydrogen-bond donors (Lipinski definition) is 4. The topological polar surface area (TPSA) is 114 Å². The van der Waals surface area contributed by atoms with Gasteiger partial charge in [-0.25, -0.2) is 0 Å². The van der Waals surface area contributed by atoms with Gasteiger partial charge in [0.25, 0.3) is 0 Å². The first-order valence-corrected chi connectivity index (χ1v) is 7.06. The average molecular weight is 329 g/mol. The number of ether oxygens (including phenoxy) is 1. The fourth-order valence-electron chi connectivity index (χ4n) is 2.12. The summed E-state index contributed by atoms with van der Waals surface area (Å²) in [5.74, 6) is -0.478. The summed E-state index contributed by atoms with van der Waals surface area (Å²) in [4.78, 5) is 12.2. The van der Waals surface area contributed by atoms with E-state index in [1.54, 1.807) is 6.92 Å². The maximum Gasteiger partial charge on any atom is 0.326 e. The molecule has 0 bridgehead atoms. The van der Waals surface area contributed by atoms with Gasteiger partial charge in [0, 0.05) is 13.0 Å². The molecular weight excluding hydrogens is 304 g/mol. The minimum atomic E-state index is -1.06. The molecule has 0 saturated carbocycles. The van der Waals surface area contributed by atoms with E-state index in [-0.39, 0.29) is 18.4 Å². The minimum Gasteiger partial charge on any atom is -0.465 e. The molecule has 1 atom stereocenters. The Morgan fingerprint density at radius 1 is 1.36 bits per heavy atom. The van der Waals surface area contributed by atoms with Crippen LogP contribution in [0.4, 0.5) is 0 Å². The zero-order valence-electron chi connectivity index (χ0n) is 12.8. The Labute approximate surface area is 137 Å². The molecule has 0 amide bonds. The van der Waals surface area contributed by atoms with E-state index in [1.165, 1.54) is 0 Å². The largest absolute Gasteiger partial charge is 0.465 e. The van der Waals surface area contributed by atoms with E-state index in [1.807, 2.05) is 30.3 Å². The van der Waals surface area contributed by atoms with Crippen LogP contribution in [0.3, 0.4) is 0 Å². The number of guanidine groups is 1. The lowest BCUT2D eigenvalue weighted by Crippen LogP contribution is -2.51. The van der Waals surface area contributed by atoms with E-state index < -0.39 is 11.5 Å².